The molecule has 5 aromatic rings. The average Bonchev–Trinajstić information content (AvgIpc) is 3.42. The Morgan fingerprint density at radius 3 is 2.36 bits per heavy atom. The molecule has 9 heteroatoms. The van der Waals surface area contributed by atoms with Gasteiger partial charge in [0.25, 0.3) is 0 Å². The Hall–Kier alpha value is -4.27. The van der Waals surface area contributed by atoms with E-state index in [9.17, 15) is 4.79 Å². The van der Waals surface area contributed by atoms with Crippen molar-refractivity contribution in [3.8, 4) is 22.6 Å². The van der Waals surface area contributed by atoms with E-state index >= 15 is 0 Å². The maximum atomic E-state index is 12.0. The number of esters is 1. The van der Waals surface area contributed by atoms with E-state index in [1.54, 1.807) is 16.3 Å². The molecule has 0 amide bonds. The number of nitrogens with zero attached hydrogens (tertiary/aromatic N) is 6. The lowest BCUT2D eigenvalue weighted by atomic mass is 10.0. The second kappa shape index (κ2) is 8.34. The van der Waals surface area contributed by atoms with Crippen LogP contribution in [0.1, 0.15) is 18.3 Å². The number of hydrogen-bond donors (Lipinski definition) is 0. The fraction of sp³-hybridized carbons (Fsp3) is 0.208. The molecule has 2 aromatic carbocycles. The van der Waals surface area contributed by atoms with E-state index in [0.717, 1.165) is 34.7 Å². The summed E-state index contributed by atoms with van der Waals surface area (Å²) in [7, 11) is 2.97. The van der Waals surface area contributed by atoms with Crippen molar-refractivity contribution < 1.29 is 14.3 Å². The summed E-state index contributed by atoms with van der Waals surface area (Å²) in [4.78, 5) is 12.0. The van der Waals surface area contributed by atoms with Crippen molar-refractivity contribution in [2.75, 3.05) is 14.2 Å². The molecular weight excluding hydrogens is 420 g/mol. The monoisotopic (exact) mass is 442 g/mol. The molecular formula is C24H22N6O3. The fourth-order valence-electron chi connectivity index (χ4n) is 3.91. The van der Waals surface area contributed by atoms with Gasteiger partial charge in [-0.25, -0.2) is 4.68 Å². The largest absolute Gasteiger partial charge is 0.497 e. The zero-order valence-corrected chi connectivity index (χ0v) is 18.5. The highest BCUT2D eigenvalue weighted by Gasteiger charge is 2.24. The third-order valence-corrected chi connectivity index (χ3v) is 5.54. The van der Waals surface area contributed by atoms with E-state index in [4.69, 9.17) is 19.7 Å². The van der Waals surface area contributed by atoms with Gasteiger partial charge in [0.15, 0.2) is 16.8 Å². The first-order valence-electron chi connectivity index (χ1n) is 10.6. The predicted octanol–water partition coefficient (Wildman–Crippen LogP) is 3.42. The summed E-state index contributed by atoms with van der Waals surface area (Å²) in [5, 5.41) is 18.6. The van der Waals surface area contributed by atoms with E-state index in [2.05, 4.69) is 17.1 Å². The number of methoxy groups -OCH3 is 2. The van der Waals surface area contributed by atoms with Crippen LogP contribution in [-0.4, -0.2) is 49.8 Å². The third kappa shape index (κ3) is 3.47. The van der Waals surface area contributed by atoms with Gasteiger partial charge in [-0.3, -0.25) is 4.79 Å². The van der Waals surface area contributed by atoms with Crippen LogP contribution in [0.15, 0.2) is 54.6 Å². The lowest BCUT2D eigenvalue weighted by Gasteiger charge is -2.06. The molecule has 0 aliphatic heterocycles. The summed E-state index contributed by atoms with van der Waals surface area (Å²) in [6, 6.07) is 17.5. The Morgan fingerprint density at radius 1 is 0.939 bits per heavy atom. The molecule has 166 valence electrons. The zero-order chi connectivity index (χ0) is 22.9. The summed E-state index contributed by atoms with van der Waals surface area (Å²) in [5.74, 6) is 0.325. The van der Waals surface area contributed by atoms with Crippen LogP contribution in [0, 0.1) is 0 Å². The third-order valence-electron chi connectivity index (χ3n) is 5.54. The summed E-state index contributed by atoms with van der Waals surface area (Å²) < 4.78 is 13.6. The van der Waals surface area contributed by atoms with E-state index in [1.807, 2.05) is 54.6 Å². The molecule has 5 rings (SSSR count). The van der Waals surface area contributed by atoms with Gasteiger partial charge in [0.05, 0.1) is 37.6 Å². The van der Waals surface area contributed by atoms with Crippen LogP contribution >= 0.6 is 0 Å². The fourth-order valence-corrected chi connectivity index (χ4v) is 3.91. The van der Waals surface area contributed by atoms with Crippen LogP contribution in [0.2, 0.25) is 0 Å². The maximum Gasteiger partial charge on any atom is 0.311 e. The number of aromatic nitrogens is 6. The second-order valence-electron chi connectivity index (χ2n) is 7.46. The van der Waals surface area contributed by atoms with Gasteiger partial charge in [-0.2, -0.15) is 14.7 Å². The number of fused-ring (bicyclic) bond motifs is 3. The summed E-state index contributed by atoms with van der Waals surface area (Å²) in [6.07, 6.45) is 0.699. The molecule has 0 aliphatic rings. The molecule has 0 N–H and O–H groups in total. The van der Waals surface area contributed by atoms with Crippen molar-refractivity contribution in [1.29, 1.82) is 0 Å². The van der Waals surface area contributed by atoms with Gasteiger partial charge >= 0.3 is 5.97 Å². The first-order valence-corrected chi connectivity index (χ1v) is 10.6. The summed E-state index contributed by atoms with van der Waals surface area (Å²) in [6.45, 7) is 2.06. The SMILES string of the molecule is CCc1nn2c(nnc3c(CC(=O)OC)nn(-c4ccc(OC)cc4)c32)c1-c1ccccc1. The summed E-state index contributed by atoms with van der Waals surface area (Å²) in [5.41, 5.74) is 5.85. The first-order chi connectivity index (χ1) is 16.1. The molecule has 0 spiro atoms. The smallest absolute Gasteiger partial charge is 0.311 e. The van der Waals surface area contributed by atoms with E-state index in [1.165, 1.54) is 7.11 Å². The van der Waals surface area contributed by atoms with E-state index < -0.39 is 5.97 Å². The van der Waals surface area contributed by atoms with Gasteiger partial charge in [-0.15, -0.1) is 10.2 Å². The molecule has 0 fully saturated rings. The molecule has 0 radical (unpaired) electrons. The molecule has 0 atom stereocenters. The molecule has 3 aromatic heterocycles. The molecule has 0 saturated heterocycles. The second-order valence-corrected chi connectivity index (χ2v) is 7.46. The van der Waals surface area contributed by atoms with Gasteiger partial charge in [0, 0.05) is 0 Å². The van der Waals surface area contributed by atoms with Crippen molar-refractivity contribution in [2.24, 2.45) is 0 Å². The quantitative estimate of drug-likeness (QED) is 0.372. The Bertz CT molecular complexity index is 1460. The van der Waals surface area contributed by atoms with E-state index in [-0.39, 0.29) is 6.42 Å². The Kier molecular flexibility index (Phi) is 5.21. The number of ether oxygens (including phenoxy) is 2. The number of benzene rings is 2. The molecule has 3 heterocycles. The summed E-state index contributed by atoms with van der Waals surface area (Å²) >= 11 is 0. The molecule has 9 nitrogen and oxygen atoms in total. The lowest BCUT2D eigenvalue weighted by molar-refractivity contribution is -0.139. The van der Waals surface area contributed by atoms with Crippen LogP contribution in [0.3, 0.4) is 0 Å². The minimum atomic E-state index is -0.405. The van der Waals surface area contributed by atoms with Crippen molar-refractivity contribution >= 4 is 22.8 Å². The minimum absolute atomic E-state index is 0.0240. The van der Waals surface area contributed by atoms with Gasteiger partial charge in [-0.1, -0.05) is 37.3 Å². The van der Waals surface area contributed by atoms with Gasteiger partial charge in [-0.05, 0) is 36.2 Å². The number of carbonyl (C=O) groups is 1. The normalized spacial score (nSPS) is 11.2. The predicted molar refractivity (Wildman–Crippen MR) is 122 cm³/mol. The van der Waals surface area contributed by atoms with Gasteiger partial charge in [0.2, 0.25) is 0 Å². The molecule has 0 saturated carbocycles. The van der Waals surface area contributed by atoms with Crippen LogP contribution in [0.4, 0.5) is 0 Å². The number of rotatable bonds is 6. The molecule has 0 aliphatic carbocycles. The maximum absolute atomic E-state index is 12.0. The van der Waals surface area contributed by atoms with Crippen molar-refractivity contribution in [1.82, 2.24) is 29.6 Å². The Labute approximate surface area is 189 Å². The molecule has 33 heavy (non-hydrogen) atoms. The van der Waals surface area contributed by atoms with Crippen LogP contribution < -0.4 is 4.74 Å². The van der Waals surface area contributed by atoms with Gasteiger partial charge < -0.3 is 9.47 Å². The van der Waals surface area contributed by atoms with Crippen LogP contribution in [0.5, 0.6) is 5.75 Å². The highest BCUT2D eigenvalue weighted by Crippen LogP contribution is 2.31. The number of carbonyl (C=O) groups excluding carboxylic acids is 1. The highest BCUT2D eigenvalue weighted by molar-refractivity contribution is 5.87. The van der Waals surface area contributed by atoms with E-state index in [0.29, 0.717) is 22.5 Å². The molecule has 0 unspecified atom stereocenters. The van der Waals surface area contributed by atoms with Crippen LogP contribution in [-0.2, 0) is 22.4 Å². The number of hydrogen-bond acceptors (Lipinski definition) is 7. The Balaban J connectivity index is 1.82. The lowest BCUT2D eigenvalue weighted by Crippen LogP contribution is -2.06. The average molecular weight is 442 g/mol. The highest BCUT2D eigenvalue weighted by atomic mass is 16.5. The van der Waals surface area contributed by atoms with Crippen molar-refractivity contribution in [3.63, 3.8) is 0 Å². The van der Waals surface area contributed by atoms with Crippen molar-refractivity contribution in [2.45, 2.75) is 19.8 Å². The molecule has 0 bridgehead atoms. The van der Waals surface area contributed by atoms with Gasteiger partial charge in [0.1, 0.15) is 11.4 Å². The first kappa shape index (κ1) is 20.6. The zero-order valence-electron chi connectivity index (χ0n) is 18.5. The Morgan fingerprint density at radius 2 is 1.70 bits per heavy atom. The van der Waals surface area contributed by atoms with Crippen LogP contribution in [0.25, 0.3) is 33.6 Å². The number of aryl methyl sites for hydroxylation is 1. The van der Waals surface area contributed by atoms with Crippen molar-refractivity contribution in [3.05, 3.63) is 66.0 Å². The topological polar surface area (TPSA) is 96.4 Å². The standard InChI is InChI=1S/C24H22N6O3/c1-4-18-21(15-8-6-5-7-9-15)23-26-25-22-19(14-20(31)33-3)28-29(24(22)30(23)27-18)16-10-12-17(32-2)13-11-16/h5-13H,4,14H2,1-3H3. The minimum Gasteiger partial charge on any atom is -0.497 e.